The summed E-state index contributed by atoms with van der Waals surface area (Å²) in [6, 6.07) is 5.81. The van der Waals surface area contributed by atoms with Crippen LogP contribution in [0.4, 0.5) is 10.1 Å². The highest BCUT2D eigenvalue weighted by molar-refractivity contribution is 5.95. The number of nitrogens with one attached hydrogen (secondary N) is 1. The van der Waals surface area contributed by atoms with Crippen LogP contribution >= 0.6 is 0 Å². The molecule has 1 amide bonds. The smallest absolute Gasteiger partial charge is 0.307 e. The molecule has 0 saturated heterocycles. The molecule has 0 fully saturated rings. The lowest BCUT2D eigenvalue weighted by Crippen LogP contribution is -2.34. The van der Waals surface area contributed by atoms with Crippen molar-refractivity contribution in [3.8, 4) is 0 Å². The maximum absolute atomic E-state index is 13.4. The number of para-hydroxylation sites is 1. The number of carbonyl (C=O) groups excluding carboxylic acids is 1. The van der Waals surface area contributed by atoms with E-state index in [1.807, 2.05) is 0 Å². The molecule has 0 radical (unpaired) electrons. The zero-order valence-electron chi connectivity index (χ0n) is 10.2. The van der Waals surface area contributed by atoms with Crippen LogP contribution in [0.15, 0.2) is 36.4 Å². The molecule has 0 spiro atoms. The summed E-state index contributed by atoms with van der Waals surface area (Å²) in [6.07, 6.45) is 4.22. The first-order valence-corrected chi connectivity index (χ1v) is 6.03. The van der Waals surface area contributed by atoms with Crippen molar-refractivity contribution >= 4 is 17.6 Å². The van der Waals surface area contributed by atoms with Crippen LogP contribution in [0.25, 0.3) is 0 Å². The molecule has 0 aliphatic heterocycles. The fourth-order valence-electron chi connectivity index (χ4n) is 2.16. The van der Waals surface area contributed by atoms with Gasteiger partial charge < -0.3 is 10.4 Å². The molecular formula is C14H14FNO3. The van der Waals surface area contributed by atoms with Crippen LogP contribution in [0.3, 0.4) is 0 Å². The van der Waals surface area contributed by atoms with E-state index in [0.717, 1.165) is 0 Å². The van der Waals surface area contributed by atoms with E-state index in [4.69, 9.17) is 5.11 Å². The first-order valence-electron chi connectivity index (χ1n) is 6.03. The van der Waals surface area contributed by atoms with Gasteiger partial charge in [0.15, 0.2) is 0 Å². The first-order chi connectivity index (χ1) is 9.09. The van der Waals surface area contributed by atoms with E-state index in [-0.39, 0.29) is 5.69 Å². The van der Waals surface area contributed by atoms with Gasteiger partial charge in [-0.3, -0.25) is 9.59 Å². The Morgan fingerprint density at radius 2 is 1.79 bits per heavy atom. The van der Waals surface area contributed by atoms with Crippen molar-refractivity contribution in [1.82, 2.24) is 0 Å². The lowest BCUT2D eigenvalue weighted by atomic mass is 9.82. The summed E-state index contributed by atoms with van der Waals surface area (Å²) in [4.78, 5) is 23.2. The lowest BCUT2D eigenvalue weighted by molar-refractivity contribution is -0.146. The molecule has 1 aromatic carbocycles. The van der Waals surface area contributed by atoms with Gasteiger partial charge in [-0.1, -0.05) is 24.3 Å². The summed E-state index contributed by atoms with van der Waals surface area (Å²) in [7, 11) is 0. The molecule has 1 aliphatic carbocycles. The molecule has 2 N–H and O–H groups in total. The second-order valence-corrected chi connectivity index (χ2v) is 4.46. The second-order valence-electron chi connectivity index (χ2n) is 4.46. The Hall–Kier alpha value is -2.17. The Balaban J connectivity index is 2.13. The number of rotatable bonds is 3. The number of carbonyl (C=O) groups is 2. The maximum atomic E-state index is 13.4. The highest BCUT2D eigenvalue weighted by Gasteiger charge is 2.34. The van der Waals surface area contributed by atoms with Crippen LogP contribution in [0.2, 0.25) is 0 Å². The zero-order chi connectivity index (χ0) is 13.8. The fourth-order valence-corrected chi connectivity index (χ4v) is 2.16. The summed E-state index contributed by atoms with van der Waals surface area (Å²) in [5, 5.41) is 11.5. The monoisotopic (exact) mass is 263 g/mol. The van der Waals surface area contributed by atoms with Crippen LogP contribution in [-0.2, 0) is 9.59 Å². The molecular weight excluding hydrogens is 249 g/mol. The number of hydrogen-bond donors (Lipinski definition) is 2. The van der Waals surface area contributed by atoms with E-state index >= 15 is 0 Å². The molecule has 5 heteroatoms. The highest BCUT2D eigenvalue weighted by Crippen LogP contribution is 2.27. The standard InChI is InChI=1S/C14H14FNO3/c15-11-7-3-4-8-12(11)16-13(17)9-5-1-2-6-10(9)14(18)19/h1-4,7-10H,5-6H2,(H,16,17)(H,18,19). The molecule has 1 aliphatic rings. The molecule has 0 bridgehead atoms. The largest absolute Gasteiger partial charge is 0.481 e. The molecule has 4 nitrogen and oxygen atoms in total. The van der Waals surface area contributed by atoms with E-state index in [1.165, 1.54) is 18.2 Å². The SMILES string of the molecule is O=C(O)C1CC=CCC1C(=O)Nc1ccccc1F. The number of aliphatic carboxylic acids is 1. The van der Waals surface area contributed by atoms with Crippen LogP contribution in [0, 0.1) is 17.7 Å². The van der Waals surface area contributed by atoms with E-state index < -0.39 is 29.5 Å². The number of halogens is 1. The van der Waals surface area contributed by atoms with E-state index in [0.29, 0.717) is 12.8 Å². The van der Waals surface area contributed by atoms with Crippen molar-refractivity contribution < 1.29 is 19.1 Å². The summed E-state index contributed by atoms with van der Waals surface area (Å²) in [5.74, 6) is -3.41. The normalized spacial score (nSPS) is 21.9. The second kappa shape index (κ2) is 5.65. The Labute approximate surface area is 109 Å². The minimum absolute atomic E-state index is 0.0752. The summed E-state index contributed by atoms with van der Waals surface area (Å²) in [6.45, 7) is 0. The first kappa shape index (κ1) is 13.3. The van der Waals surface area contributed by atoms with Gasteiger partial charge in [0.05, 0.1) is 17.5 Å². The maximum Gasteiger partial charge on any atom is 0.307 e. The van der Waals surface area contributed by atoms with E-state index in [2.05, 4.69) is 5.32 Å². The number of hydrogen-bond acceptors (Lipinski definition) is 2. The van der Waals surface area contributed by atoms with Crippen molar-refractivity contribution in [1.29, 1.82) is 0 Å². The molecule has 2 atom stereocenters. The van der Waals surface area contributed by atoms with Gasteiger partial charge in [0, 0.05) is 0 Å². The third kappa shape index (κ3) is 2.99. The van der Waals surface area contributed by atoms with Crippen molar-refractivity contribution in [2.24, 2.45) is 11.8 Å². The van der Waals surface area contributed by atoms with Gasteiger partial charge in [-0.25, -0.2) is 4.39 Å². The Bertz CT molecular complexity index is 527. The molecule has 0 heterocycles. The van der Waals surface area contributed by atoms with Gasteiger partial charge in [-0.15, -0.1) is 0 Å². The summed E-state index contributed by atoms with van der Waals surface area (Å²) >= 11 is 0. The average Bonchev–Trinajstić information content (AvgIpc) is 2.41. The zero-order valence-corrected chi connectivity index (χ0v) is 10.2. The number of anilines is 1. The number of carboxylic acids is 1. The Kier molecular flexibility index (Phi) is 3.94. The van der Waals surface area contributed by atoms with Gasteiger partial charge in [0.1, 0.15) is 5.82 Å². The molecule has 0 saturated carbocycles. The predicted octanol–water partition coefficient (Wildman–Crippen LogP) is 2.43. The topological polar surface area (TPSA) is 66.4 Å². The third-order valence-electron chi connectivity index (χ3n) is 3.22. The van der Waals surface area contributed by atoms with Gasteiger partial charge in [-0.05, 0) is 25.0 Å². The molecule has 2 rings (SSSR count). The molecule has 1 aromatic rings. The number of amides is 1. The summed E-state index contributed by atoms with van der Waals surface area (Å²) in [5.41, 5.74) is 0.0752. The number of benzene rings is 1. The molecule has 0 aromatic heterocycles. The minimum atomic E-state index is -1.00. The number of allylic oxidation sites excluding steroid dienone is 2. The van der Waals surface area contributed by atoms with Gasteiger partial charge in [0.2, 0.25) is 5.91 Å². The average molecular weight is 263 g/mol. The predicted molar refractivity (Wildman–Crippen MR) is 68.0 cm³/mol. The van der Waals surface area contributed by atoms with Gasteiger partial charge >= 0.3 is 5.97 Å². The van der Waals surface area contributed by atoms with Crippen LogP contribution in [-0.4, -0.2) is 17.0 Å². The minimum Gasteiger partial charge on any atom is -0.481 e. The Morgan fingerprint density at radius 1 is 1.16 bits per heavy atom. The highest BCUT2D eigenvalue weighted by atomic mass is 19.1. The van der Waals surface area contributed by atoms with Crippen molar-refractivity contribution in [2.75, 3.05) is 5.32 Å². The van der Waals surface area contributed by atoms with Crippen LogP contribution < -0.4 is 5.32 Å². The van der Waals surface area contributed by atoms with Gasteiger partial charge in [0.25, 0.3) is 0 Å². The Morgan fingerprint density at radius 3 is 2.42 bits per heavy atom. The summed E-state index contributed by atoms with van der Waals surface area (Å²) < 4.78 is 13.4. The van der Waals surface area contributed by atoms with Crippen LogP contribution in [0.5, 0.6) is 0 Å². The molecule has 2 unspecified atom stereocenters. The third-order valence-corrected chi connectivity index (χ3v) is 3.22. The molecule has 100 valence electrons. The molecule has 19 heavy (non-hydrogen) atoms. The van der Waals surface area contributed by atoms with E-state index in [9.17, 15) is 14.0 Å². The number of carboxylic acid groups (broad SMARTS) is 1. The quantitative estimate of drug-likeness (QED) is 0.823. The van der Waals surface area contributed by atoms with E-state index in [1.54, 1.807) is 18.2 Å². The van der Waals surface area contributed by atoms with Crippen molar-refractivity contribution in [2.45, 2.75) is 12.8 Å². The van der Waals surface area contributed by atoms with Crippen LogP contribution in [0.1, 0.15) is 12.8 Å². The lowest BCUT2D eigenvalue weighted by Gasteiger charge is -2.24. The van der Waals surface area contributed by atoms with Gasteiger partial charge in [-0.2, -0.15) is 0 Å². The van der Waals surface area contributed by atoms with Crippen molar-refractivity contribution in [3.05, 3.63) is 42.2 Å². The van der Waals surface area contributed by atoms with Crippen molar-refractivity contribution in [3.63, 3.8) is 0 Å². The fraction of sp³-hybridized carbons (Fsp3) is 0.286.